The van der Waals surface area contributed by atoms with Crippen molar-refractivity contribution in [2.75, 3.05) is 18.0 Å². The van der Waals surface area contributed by atoms with Crippen molar-refractivity contribution in [2.45, 2.75) is 33.3 Å². The van der Waals surface area contributed by atoms with E-state index in [1.54, 1.807) is 11.1 Å². The number of carbonyl (C=O) groups is 1. The van der Waals surface area contributed by atoms with Crippen LogP contribution in [0.1, 0.15) is 27.2 Å². The Labute approximate surface area is 107 Å². The van der Waals surface area contributed by atoms with E-state index in [4.69, 9.17) is 9.84 Å². The smallest absolute Gasteiger partial charge is 0.323 e. The number of anilines is 1. The number of aliphatic carboxylic acids is 1. The maximum absolute atomic E-state index is 10.8. The molecule has 18 heavy (non-hydrogen) atoms. The van der Waals surface area contributed by atoms with Gasteiger partial charge in [0.2, 0.25) is 5.88 Å². The van der Waals surface area contributed by atoms with Gasteiger partial charge in [-0.2, -0.15) is 4.98 Å². The van der Waals surface area contributed by atoms with Crippen LogP contribution in [-0.2, 0) is 4.79 Å². The third-order valence-corrected chi connectivity index (χ3v) is 2.10. The molecule has 6 nitrogen and oxygen atoms in total. The van der Waals surface area contributed by atoms with Crippen LogP contribution in [0.4, 0.5) is 5.82 Å². The zero-order chi connectivity index (χ0) is 13.5. The fraction of sp³-hybridized carbons (Fsp3) is 0.583. The molecule has 0 spiro atoms. The second-order valence-corrected chi connectivity index (χ2v) is 4.20. The molecule has 0 radical (unpaired) electrons. The third-order valence-electron chi connectivity index (χ3n) is 2.10. The van der Waals surface area contributed by atoms with Crippen LogP contribution in [0.5, 0.6) is 5.88 Å². The van der Waals surface area contributed by atoms with E-state index in [2.05, 4.69) is 9.97 Å². The first-order valence-corrected chi connectivity index (χ1v) is 5.98. The molecule has 0 saturated heterocycles. The summed E-state index contributed by atoms with van der Waals surface area (Å²) in [6.07, 6.45) is 3.92. The molecule has 0 aliphatic rings. The van der Waals surface area contributed by atoms with Crippen LogP contribution in [0.25, 0.3) is 0 Å². The quantitative estimate of drug-likeness (QED) is 0.794. The molecule has 0 aliphatic heterocycles. The second-order valence-electron chi connectivity index (χ2n) is 4.20. The fourth-order valence-electron chi connectivity index (χ4n) is 1.50. The molecule has 0 aliphatic carbocycles. The lowest BCUT2D eigenvalue weighted by Crippen LogP contribution is -2.31. The molecule has 1 aromatic heterocycles. The van der Waals surface area contributed by atoms with Gasteiger partial charge in [0.15, 0.2) is 5.82 Å². The van der Waals surface area contributed by atoms with Crippen LogP contribution < -0.4 is 9.64 Å². The van der Waals surface area contributed by atoms with Gasteiger partial charge in [0.05, 0.1) is 18.5 Å². The van der Waals surface area contributed by atoms with E-state index in [1.807, 2.05) is 20.8 Å². The first-order chi connectivity index (χ1) is 8.52. The van der Waals surface area contributed by atoms with Crippen molar-refractivity contribution in [3.63, 3.8) is 0 Å². The van der Waals surface area contributed by atoms with E-state index in [9.17, 15) is 4.79 Å². The molecule has 1 rings (SSSR count). The van der Waals surface area contributed by atoms with E-state index in [0.29, 0.717) is 18.2 Å². The number of aromatic nitrogens is 2. The van der Waals surface area contributed by atoms with E-state index in [1.165, 1.54) is 6.20 Å². The summed E-state index contributed by atoms with van der Waals surface area (Å²) >= 11 is 0. The van der Waals surface area contributed by atoms with Crippen LogP contribution in [0.2, 0.25) is 0 Å². The monoisotopic (exact) mass is 253 g/mol. The van der Waals surface area contributed by atoms with Crippen molar-refractivity contribution in [3.05, 3.63) is 12.4 Å². The Hall–Kier alpha value is -1.85. The number of nitrogens with zero attached hydrogens (tertiary/aromatic N) is 3. The van der Waals surface area contributed by atoms with Gasteiger partial charge in [-0.15, -0.1) is 0 Å². The van der Waals surface area contributed by atoms with Crippen molar-refractivity contribution in [2.24, 2.45) is 0 Å². The zero-order valence-electron chi connectivity index (χ0n) is 11.0. The summed E-state index contributed by atoms with van der Waals surface area (Å²) in [5, 5.41) is 8.87. The summed E-state index contributed by atoms with van der Waals surface area (Å²) < 4.78 is 5.44. The van der Waals surface area contributed by atoms with Crippen molar-refractivity contribution >= 4 is 11.8 Å². The highest BCUT2D eigenvalue weighted by atomic mass is 16.5. The SMILES string of the molecule is CCCN(CC(=O)O)c1cncc(OC(C)C)n1. The molecule has 0 atom stereocenters. The number of hydrogen-bond donors (Lipinski definition) is 1. The Balaban J connectivity index is 2.86. The van der Waals surface area contributed by atoms with Crippen molar-refractivity contribution in [3.8, 4) is 5.88 Å². The summed E-state index contributed by atoms with van der Waals surface area (Å²) in [7, 11) is 0. The predicted molar refractivity (Wildman–Crippen MR) is 67.9 cm³/mol. The van der Waals surface area contributed by atoms with E-state index < -0.39 is 5.97 Å². The first kappa shape index (κ1) is 14.2. The lowest BCUT2D eigenvalue weighted by molar-refractivity contribution is -0.135. The summed E-state index contributed by atoms with van der Waals surface area (Å²) in [6.45, 7) is 6.31. The van der Waals surface area contributed by atoms with Gasteiger partial charge in [0.25, 0.3) is 0 Å². The van der Waals surface area contributed by atoms with Crippen LogP contribution in [0.3, 0.4) is 0 Å². The van der Waals surface area contributed by atoms with E-state index in [-0.39, 0.29) is 12.6 Å². The highest BCUT2D eigenvalue weighted by Crippen LogP contribution is 2.15. The third kappa shape index (κ3) is 4.57. The summed E-state index contributed by atoms with van der Waals surface area (Å²) in [6, 6.07) is 0. The minimum Gasteiger partial charge on any atom is -0.480 e. The van der Waals surface area contributed by atoms with Crippen LogP contribution >= 0.6 is 0 Å². The predicted octanol–water partition coefficient (Wildman–Crippen LogP) is 1.56. The van der Waals surface area contributed by atoms with Gasteiger partial charge in [-0.25, -0.2) is 0 Å². The molecule has 0 fully saturated rings. The molecule has 0 amide bonds. The summed E-state index contributed by atoms with van der Waals surface area (Å²) in [4.78, 5) is 20.8. The Morgan fingerprint density at radius 2 is 2.22 bits per heavy atom. The lowest BCUT2D eigenvalue weighted by atomic mass is 10.4. The summed E-state index contributed by atoms with van der Waals surface area (Å²) in [5.41, 5.74) is 0. The number of ether oxygens (including phenoxy) is 1. The van der Waals surface area contributed by atoms with E-state index >= 15 is 0 Å². The Bertz CT molecular complexity index is 396. The molecule has 100 valence electrons. The summed E-state index contributed by atoms with van der Waals surface area (Å²) in [5.74, 6) is 0.0480. The minimum absolute atomic E-state index is 0.00801. The van der Waals surface area contributed by atoms with Crippen molar-refractivity contribution in [1.29, 1.82) is 0 Å². The average Bonchev–Trinajstić information content (AvgIpc) is 2.27. The van der Waals surface area contributed by atoms with Gasteiger partial charge in [-0.1, -0.05) is 6.92 Å². The standard InChI is InChI=1S/C12H19N3O3/c1-4-5-15(8-12(16)17)10-6-13-7-11(14-10)18-9(2)3/h6-7,9H,4-5,8H2,1-3H3,(H,16,17). The highest BCUT2D eigenvalue weighted by Gasteiger charge is 2.12. The van der Waals surface area contributed by atoms with Gasteiger partial charge in [-0.05, 0) is 20.3 Å². The van der Waals surface area contributed by atoms with Crippen LogP contribution in [-0.4, -0.2) is 40.2 Å². The van der Waals surface area contributed by atoms with Gasteiger partial charge >= 0.3 is 5.97 Å². The minimum atomic E-state index is -0.888. The second kappa shape index (κ2) is 6.78. The Morgan fingerprint density at radius 1 is 1.50 bits per heavy atom. The van der Waals surface area contributed by atoms with Gasteiger partial charge in [-0.3, -0.25) is 9.78 Å². The van der Waals surface area contributed by atoms with Gasteiger partial charge < -0.3 is 14.7 Å². The Kier molecular flexibility index (Phi) is 5.35. The molecule has 1 heterocycles. The molecule has 0 bridgehead atoms. The molecular formula is C12H19N3O3. The Morgan fingerprint density at radius 3 is 2.78 bits per heavy atom. The number of carboxylic acid groups (broad SMARTS) is 1. The maximum atomic E-state index is 10.8. The number of hydrogen-bond acceptors (Lipinski definition) is 5. The number of carboxylic acids is 1. The fourth-order valence-corrected chi connectivity index (χ4v) is 1.50. The zero-order valence-corrected chi connectivity index (χ0v) is 11.0. The molecular weight excluding hydrogens is 234 g/mol. The molecule has 0 aromatic carbocycles. The largest absolute Gasteiger partial charge is 0.480 e. The molecule has 6 heteroatoms. The molecule has 1 N–H and O–H groups in total. The maximum Gasteiger partial charge on any atom is 0.323 e. The average molecular weight is 253 g/mol. The molecule has 0 unspecified atom stereocenters. The van der Waals surface area contributed by atoms with E-state index in [0.717, 1.165) is 6.42 Å². The van der Waals surface area contributed by atoms with Gasteiger partial charge in [0, 0.05) is 6.54 Å². The topological polar surface area (TPSA) is 75.6 Å². The normalized spacial score (nSPS) is 10.4. The van der Waals surface area contributed by atoms with Crippen LogP contribution in [0.15, 0.2) is 12.4 Å². The lowest BCUT2D eigenvalue weighted by Gasteiger charge is -2.21. The van der Waals surface area contributed by atoms with Crippen molar-refractivity contribution < 1.29 is 14.6 Å². The number of rotatable bonds is 7. The highest BCUT2D eigenvalue weighted by molar-refractivity contribution is 5.73. The van der Waals surface area contributed by atoms with Crippen molar-refractivity contribution in [1.82, 2.24) is 9.97 Å². The molecule has 0 saturated carbocycles. The first-order valence-electron chi connectivity index (χ1n) is 5.98. The molecule has 1 aromatic rings. The van der Waals surface area contributed by atoms with Gasteiger partial charge in [0.1, 0.15) is 6.54 Å². The van der Waals surface area contributed by atoms with Crippen LogP contribution in [0, 0.1) is 0 Å².